The van der Waals surface area contributed by atoms with Gasteiger partial charge in [0.05, 0.1) is 10.6 Å². The fraction of sp³-hybridized carbons (Fsp3) is 0.500. The monoisotopic (exact) mass is 249 g/mol. The van der Waals surface area contributed by atoms with Crippen molar-refractivity contribution in [2.75, 3.05) is 5.73 Å². The number of aromatic nitrogens is 2. The first-order chi connectivity index (χ1) is 8.16. The summed E-state index contributed by atoms with van der Waals surface area (Å²) in [5.74, 6) is 1.91. The largest absolute Gasteiger partial charge is 0.390 e. The maximum atomic E-state index is 6.00. The first-order valence-corrected chi connectivity index (χ1v) is 6.68. The van der Waals surface area contributed by atoms with Gasteiger partial charge in [-0.15, -0.1) is 11.3 Å². The number of hydrogen-bond donors (Lipinski definition) is 1. The van der Waals surface area contributed by atoms with Crippen molar-refractivity contribution < 1.29 is 4.52 Å². The van der Waals surface area contributed by atoms with Crippen molar-refractivity contribution >= 4 is 16.3 Å². The van der Waals surface area contributed by atoms with E-state index in [0.29, 0.717) is 11.8 Å². The molecule has 1 aliphatic rings. The molecule has 0 aliphatic heterocycles. The Morgan fingerprint density at radius 1 is 1.35 bits per heavy atom. The van der Waals surface area contributed by atoms with Gasteiger partial charge < -0.3 is 10.3 Å². The van der Waals surface area contributed by atoms with Crippen LogP contribution in [0, 0.1) is 13.8 Å². The van der Waals surface area contributed by atoms with E-state index < -0.39 is 0 Å². The van der Waals surface area contributed by atoms with Crippen LogP contribution in [0.2, 0.25) is 0 Å². The van der Waals surface area contributed by atoms with Gasteiger partial charge in [0.1, 0.15) is 0 Å². The normalized spacial score (nSPS) is 16.1. The summed E-state index contributed by atoms with van der Waals surface area (Å²) in [6.07, 6.45) is 3.62. The van der Waals surface area contributed by atoms with Crippen LogP contribution in [0.3, 0.4) is 0 Å². The summed E-state index contributed by atoms with van der Waals surface area (Å²) >= 11 is 1.58. The van der Waals surface area contributed by atoms with Gasteiger partial charge in [-0.2, -0.15) is 4.98 Å². The molecular weight excluding hydrogens is 234 g/mol. The van der Waals surface area contributed by atoms with Gasteiger partial charge >= 0.3 is 0 Å². The molecule has 0 radical (unpaired) electrons. The van der Waals surface area contributed by atoms with E-state index in [1.54, 1.807) is 11.3 Å². The summed E-state index contributed by atoms with van der Waals surface area (Å²) in [6.45, 7) is 4.10. The molecule has 0 amide bonds. The standard InChI is InChI=1S/C12H15N3OS/c1-6-7(2)17-10(13)9(6)12-14-11(15-16-12)8-4-3-5-8/h8H,3-5,13H2,1-2H3. The molecule has 0 spiro atoms. The Labute approximate surface area is 104 Å². The number of hydrogen-bond acceptors (Lipinski definition) is 5. The summed E-state index contributed by atoms with van der Waals surface area (Å²) in [6, 6.07) is 0. The van der Waals surface area contributed by atoms with Crippen LogP contribution >= 0.6 is 11.3 Å². The first kappa shape index (κ1) is 10.8. The van der Waals surface area contributed by atoms with E-state index in [1.807, 2.05) is 6.92 Å². The highest BCUT2D eigenvalue weighted by Gasteiger charge is 2.26. The highest BCUT2D eigenvalue weighted by atomic mass is 32.1. The molecule has 0 unspecified atom stereocenters. The number of nitrogen functional groups attached to an aromatic ring is 1. The first-order valence-electron chi connectivity index (χ1n) is 5.86. The van der Waals surface area contributed by atoms with E-state index in [9.17, 15) is 0 Å². The molecule has 1 saturated carbocycles. The zero-order valence-electron chi connectivity index (χ0n) is 9.99. The Kier molecular flexibility index (Phi) is 2.43. The lowest BCUT2D eigenvalue weighted by Gasteiger charge is -2.20. The molecule has 0 saturated heterocycles. The van der Waals surface area contributed by atoms with Gasteiger partial charge in [0.15, 0.2) is 5.82 Å². The third-order valence-corrected chi connectivity index (χ3v) is 4.57. The van der Waals surface area contributed by atoms with Crippen molar-refractivity contribution in [1.29, 1.82) is 0 Å². The van der Waals surface area contributed by atoms with Crippen LogP contribution in [0.15, 0.2) is 4.52 Å². The molecule has 2 heterocycles. The Hall–Kier alpha value is -1.36. The van der Waals surface area contributed by atoms with Crippen molar-refractivity contribution in [2.45, 2.75) is 39.0 Å². The molecule has 90 valence electrons. The van der Waals surface area contributed by atoms with Crippen LogP contribution in [0.1, 0.15) is 41.4 Å². The molecular formula is C12H15N3OS. The minimum absolute atomic E-state index is 0.494. The van der Waals surface area contributed by atoms with Gasteiger partial charge in [0.25, 0.3) is 5.89 Å². The van der Waals surface area contributed by atoms with Crippen molar-refractivity contribution in [2.24, 2.45) is 0 Å². The third kappa shape index (κ3) is 1.65. The van der Waals surface area contributed by atoms with Gasteiger partial charge in [-0.05, 0) is 32.3 Å². The second kappa shape index (κ2) is 3.84. The zero-order valence-corrected chi connectivity index (χ0v) is 10.8. The molecule has 5 heteroatoms. The molecule has 1 fully saturated rings. The SMILES string of the molecule is Cc1sc(N)c(-c2nc(C3CCC3)no2)c1C. The van der Waals surface area contributed by atoms with E-state index in [4.69, 9.17) is 10.3 Å². The van der Waals surface area contributed by atoms with E-state index >= 15 is 0 Å². The Morgan fingerprint density at radius 3 is 2.65 bits per heavy atom. The van der Waals surface area contributed by atoms with Gasteiger partial charge in [0.2, 0.25) is 0 Å². The lowest BCUT2D eigenvalue weighted by atomic mass is 9.85. The minimum Gasteiger partial charge on any atom is -0.390 e. The number of nitrogens with zero attached hydrogens (tertiary/aromatic N) is 2. The van der Waals surface area contributed by atoms with E-state index in [-0.39, 0.29) is 0 Å². The number of anilines is 1. The Morgan fingerprint density at radius 2 is 2.12 bits per heavy atom. The predicted molar refractivity (Wildman–Crippen MR) is 68.1 cm³/mol. The average molecular weight is 249 g/mol. The van der Waals surface area contributed by atoms with Crippen LogP contribution in [-0.2, 0) is 0 Å². The van der Waals surface area contributed by atoms with Crippen LogP contribution in [0.25, 0.3) is 11.5 Å². The smallest absolute Gasteiger partial charge is 0.261 e. The summed E-state index contributed by atoms with van der Waals surface area (Å²) in [5.41, 5.74) is 8.07. The number of thiophene rings is 1. The molecule has 3 rings (SSSR count). The van der Waals surface area contributed by atoms with Crippen LogP contribution < -0.4 is 5.73 Å². The second-order valence-corrected chi connectivity index (χ2v) is 5.86. The van der Waals surface area contributed by atoms with Gasteiger partial charge in [0, 0.05) is 10.8 Å². The summed E-state index contributed by atoms with van der Waals surface area (Å²) in [5, 5.41) is 4.84. The number of nitrogens with two attached hydrogens (primary N) is 1. The quantitative estimate of drug-likeness (QED) is 0.887. The fourth-order valence-electron chi connectivity index (χ4n) is 2.09. The third-order valence-electron chi connectivity index (χ3n) is 3.54. The van der Waals surface area contributed by atoms with Crippen molar-refractivity contribution in [1.82, 2.24) is 10.1 Å². The van der Waals surface area contributed by atoms with Gasteiger partial charge in [-0.25, -0.2) is 0 Å². The zero-order chi connectivity index (χ0) is 12.0. The van der Waals surface area contributed by atoms with Crippen LogP contribution in [0.5, 0.6) is 0 Å². The molecule has 2 N–H and O–H groups in total. The lowest BCUT2D eigenvalue weighted by Crippen LogP contribution is -2.10. The summed E-state index contributed by atoms with van der Waals surface area (Å²) < 4.78 is 5.35. The molecule has 2 aromatic heterocycles. The number of aryl methyl sites for hydroxylation is 1. The predicted octanol–water partition coefficient (Wildman–Crippen LogP) is 3.26. The van der Waals surface area contributed by atoms with Crippen molar-refractivity contribution in [3.05, 3.63) is 16.3 Å². The average Bonchev–Trinajstić information content (AvgIpc) is 2.72. The van der Waals surface area contributed by atoms with Crippen molar-refractivity contribution in [3.8, 4) is 11.5 Å². The van der Waals surface area contributed by atoms with E-state index in [0.717, 1.165) is 22.0 Å². The molecule has 0 atom stereocenters. The molecule has 17 heavy (non-hydrogen) atoms. The van der Waals surface area contributed by atoms with E-state index in [2.05, 4.69) is 17.1 Å². The Bertz CT molecular complexity index is 554. The summed E-state index contributed by atoms with van der Waals surface area (Å²) in [4.78, 5) is 5.70. The molecule has 1 aliphatic carbocycles. The second-order valence-electron chi connectivity index (χ2n) is 4.61. The lowest BCUT2D eigenvalue weighted by molar-refractivity contribution is 0.366. The van der Waals surface area contributed by atoms with E-state index in [1.165, 1.54) is 24.1 Å². The van der Waals surface area contributed by atoms with Gasteiger partial charge in [-0.3, -0.25) is 0 Å². The maximum absolute atomic E-state index is 6.00. The molecule has 0 aromatic carbocycles. The van der Waals surface area contributed by atoms with Crippen LogP contribution in [-0.4, -0.2) is 10.1 Å². The number of rotatable bonds is 2. The highest BCUT2D eigenvalue weighted by Crippen LogP contribution is 2.39. The maximum Gasteiger partial charge on any atom is 0.261 e. The van der Waals surface area contributed by atoms with Crippen LogP contribution in [0.4, 0.5) is 5.00 Å². The Balaban J connectivity index is 2.00. The molecule has 2 aromatic rings. The topological polar surface area (TPSA) is 64.9 Å². The fourth-order valence-corrected chi connectivity index (χ4v) is 3.02. The summed E-state index contributed by atoms with van der Waals surface area (Å²) in [7, 11) is 0. The van der Waals surface area contributed by atoms with Crippen molar-refractivity contribution in [3.63, 3.8) is 0 Å². The highest BCUT2D eigenvalue weighted by molar-refractivity contribution is 7.16. The minimum atomic E-state index is 0.494. The molecule has 4 nitrogen and oxygen atoms in total. The molecule has 0 bridgehead atoms. The van der Waals surface area contributed by atoms with Gasteiger partial charge in [-0.1, -0.05) is 11.6 Å².